The van der Waals surface area contributed by atoms with Crippen LogP contribution in [-0.2, 0) is 0 Å². The lowest BCUT2D eigenvalue weighted by atomic mass is 10.0. The Bertz CT molecular complexity index is 808. The Hall–Kier alpha value is -2.08. The zero-order valence-corrected chi connectivity index (χ0v) is 15.0. The van der Waals surface area contributed by atoms with Gasteiger partial charge in [0.1, 0.15) is 11.6 Å². The lowest BCUT2D eigenvalue weighted by Crippen LogP contribution is -2.41. The smallest absolute Gasteiger partial charge is 0.315 e. The van der Waals surface area contributed by atoms with Gasteiger partial charge in [-0.15, -0.1) is 11.8 Å². The zero-order chi connectivity index (χ0) is 18.1. The summed E-state index contributed by atoms with van der Waals surface area (Å²) in [6, 6.07) is 10.7. The molecule has 2 aromatic carbocycles. The third-order valence-electron chi connectivity index (χ3n) is 4.94. The number of hydrogen-bond acceptors (Lipinski definition) is 2. The highest BCUT2D eigenvalue weighted by Gasteiger charge is 2.34. The van der Waals surface area contributed by atoms with Crippen molar-refractivity contribution in [1.29, 1.82) is 0 Å². The Morgan fingerprint density at radius 3 is 2.58 bits per heavy atom. The molecule has 26 heavy (non-hydrogen) atoms. The van der Waals surface area contributed by atoms with Gasteiger partial charge in [0.25, 0.3) is 0 Å². The van der Waals surface area contributed by atoms with Gasteiger partial charge in [-0.05, 0) is 54.5 Å². The molecule has 0 bridgehead atoms. The first kappa shape index (κ1) is 17.3. The van der Waals surface area contributed by atoms with E-state index < -0.39 is 0 Å². The standard InChI is InChI=1S/C20H20F2N2OS/c21-14-8-6-13(7-9-14)18(12-4-5-12)24-20(25)23-17-10-11-26-19-15(17)2-1-3-16(19)22/h1-3,6-9,12,17-18H,4-5,10-11H2,(H2,23,24,25). The molecule has 3 nitrogen and oxygen atoms in total. The maximum Gasteiger partial charge on any atom is 0.315 e. The van der Waals surface area contributed by atoms with E-state index in [1.807, 2.05) is 6.07 Å². The number of amides is 2. The molecule has 2 atom stereocenters. The number of thioether (sulfide) groups is 1. The van der Waals surface area contributed by atoms with E-state index in [4.69, 9.17) is 0 Å². The molecule has 0 radical (unpaired) electrons. The highest BCUT2D eigenvalue weighted by atomic mass is 32.2. The number of carbonyl (C=O) groups excluding carboxylic acids is 1. The zero-order valence-electron chi connectivity index (χ0n) is 14.2. The van der Waals surface area contributed by atoms with Crippen LogP contribution < -0.4 is 10.6 Å². The summed E-state index contributed by atoms with van der Waals surface area (Å²) in [6.07, 6.45) is 2.87. The van der Waals surface area contributed by atoms with Crippen LogP contribution in [0.5, 0.6) is 0 Å². The summed E-state index contributed by atoms with van der Waals surface area (Å²) >= 11 is 1.49. The lowest BCUT2D eigenvalue weighted by Gasteiger charge is -2.27. The van der Waals surface area contributed by atoms with Crippen molar-refractivity contribution < 1.29 is 13.6 Å². The van der Waals surface area contributed by atoms with Gasteiger partial charge < -0.3 is 10.6 Å². The molecule has 1 aliphatic heterocycles. The molecule has 2 amide bonds. The fourth-order valence-corrected chi connectivity index (χ4v) is 4.59. The summed E-state index contributed by atoms with van der Waals surface area (Å²) in [7, 11) is 0. The van der Waals surface area contributed by atoms with Gasteiger partial charge in [-0.3, -0.25) is 0 Å². The monoisotopic (exact) mass is 374 g/mol. The SMILES string of the molecule is O=C(NC1CCSc2c(F)cccc21)NC(c1ccc(F)cc1)C1CC1. The first-order valence-corrected chi connectivity index (χ1v) is 9.84. The Labute approximate surface area is 155 Å². The largest absolute Gasteiger partial charge is 0.331 e. The van der Waals surface area contributed by atoms with Crippen LogP contribution in [0.25, 0.3) is 0 Å². The minimum absolute atomic E-state index is 0.124. The van der Waals surface area contributed by atoms with Crippen molar-refractivity contribution in [2.45, 2.75) is 36.2 Å². The molecule has 1 saturated carbocycles. The van der Waals surface area contributed by atoms with Crippen LogP contribution in [0.2, 0.25) is 0 Å². The molecule has 2 N–H and O–H groups in total. The molecule has 1 heterocycles. The summed E-state index contributed by atoms with van der Waals surface area (Å²) in [6.45, 7) is 0. The van der Waals surface area contributed by atoms with Crippen LogP contribution in [0.1, 0.15) is 42.5 Å². The van der Waals surface area contributed by atoms with E-state index in [1.54, 1.807) is 18.2 Å². The van der Waals surface area contributed by atoms with Crippen molar-refractivity contribution in [3.05, 3.63) is 65.2 Å². The fraction of sp³-hybridized carbons (Fsp3) is 0.350. The van der Waals surface area contributed by atoms with Crippen LogP contribution >= 0.6 is 11.8 Å². The molecule has 1 aliphatic carbocycles. The first-order valence-electron chi connectivity index (χ1n) is 8.85. The Balaban J connectivity index is 1.47. The topological polar surface area (TPSA) is 41.1 Å². The number of carbonyl (C=O) groups is 1. The highest BCUT2D eigenvalue weighted by Crippen LogP contribution is 2.41. The molecular formula is C20H20F2N2OS. The summed E-state index contributed by atoms with van der Waals surface area (Å²) < 4.78 is 27.2. The van der Waals surface area contributed by atoms with Crippen LogP contribution in [0, 0.1) is 17.6 Å². The summed E-state index contributed by atoms with van der Waals surface area (Å²) in [4.78, 5) is 13.2. The molecule has 2 aliphatic rings. The summed E-state index contributed by atoms with van der Waals surface area (Å²) in [5, 5.41) is 6.03. The molecule has 4 rings (SSSR count). The van der Waals surface area contributed by atoms with Crippen molar-refractivity contribution in [1.82, 2.24) is 10.6 Å². The van der Waals surface area contributed by atoms with E-state index in [0.717, 1.165) is 36.1 Å². The summed E-state index contributed by atoms with van der Waals surface area (Å²) in [5.74, 6) is 0.633. The number of fused-ring (bicyclic) bond motifs is 1. The predicted molar refractivity (Wildman–Crippen MR) is 98.0 cm³/mol. The third-order valence-corrected chi connectivity index (χ3v) is 6.10. The Morgan fingerprint density at radius 1 is 1.08 bits per heavy atom. The minimum Gasteiger partial charge on any atom is -0.331 e. The predicted octanol–water partition coefficient (Wildman–Crippen LogP) is 4.95. The van der Waals surface area contributed by atoms with Gasteiger partial charge in [-0.2, -0.15) is 0 Å². The molecular weight excluding hydrogens is 354 g/mol. The maximum absolute atomic E-state index is 14.0. The highest BCUT2D eigenvalue weighted by molar-refractivity contribution is 7.99. The molecule has 0 aromatic heterocycles. The molecule has 0 spiro atoms. The third kappa shape index (κ3) is 3.70. The van der Waals surface area contributed by atoms with Crippen molar-refractivity contribution in [3.63, 3.8) is 0 Å². The van der Waals surface area contributed by atoms with Gasteiger partial charge in [0.15, 0.2) is 0 Å². The molecule has 6 heteroatoms. The number of halogens is 2. The second-order valence-electron chi connectivity index (χ2n) is 6.83. The molecule has 2 unspecified atom stereocenters. The number of benzene rings is 2. The van der Waals surface area contributed by atoms with Crippen LogP contribution in [0.4, 0.5) is 13.6 Å². The Kier molecular flexibility index (Phi) is 4.85. The van der Waals surface area contributed by atoms with Gasteiger partial charge in [0.05, 0.1) is 12.1 Å². The van der Waals surface area contributed by atoms with Gasteiger partial charge >= 0.3 is 6.03 Å². The van der Waals surface area contributed by atoms with E-state index in [1.165, 1.54) is 30.0 Å². The molecule has 1 fully saturated rings. The van der Waals surface area contributed by atoms with E-state index >= 15 is 0 Å². The first-order chi connectivity index (χ1) is 12.6. The van der Waals surface area contributed by atoms with Gasteiger partial charge in [0, 0.05) is 10.6 Å². The van der Waals surface area contributed by atoms with Crippen LogP contribution in [0.15, 0.2) is 47.4 Å². The molecule has 0 saturated heterocycles. The number of nitrogens with one attached hydrogen (secondary N) is 2. The quantitative estimate of drug-likeness (QED) is 0.795. The fourth-order valence-electron chi connectivity index (χ4n) is 3.45. The molecule has 2 aromatic rings. The van der Waals surface area contributed by atoms with Gasteiger partial charge in [0.2, 0.25) is 0 Å². The number of urea groups is 1. The van der Waals surface area contributed by atoms with Gasteiger partial charge in [-0.25, -0.2) is 13.6 Å². The Morgan fingerprint density at radius 2 is 1.85 bits per heavy atom. The molecule has 136 valence electrons. The van der Waals surface area contributed by atoms with E-state index in [9.17, 15) is 13.6 Å². The van der Waals surface area contributed by atoms with Crippen molar-refractivity contribution in [3.8, 4) is 0 Å². The number of hydrogen-bond donors (Lipinski definition) is 2. The second-order valence-corrected chi connectivity index (χ2v) is 7.94. The second kappa shape index (κ2) is 7.27. The van der Waals surface area contributed by atoms with E-state index in [0.29, 0.717) is 10.8 Å². The van der Waals surface area contributed by atoms with Crippen molar-refractivity contribution >= 4 is 17.8 Å². The average molecular weight is 374 g/mol. The summed E-state index contributed by atoms with van der Waals surface area (Å²) in [5.41, 5.74) is 1.75. The average Bonchev–Trinajstić information content (AvgIpc) is 3.47. The lowest BCUT2D eigenvalue weighted by molar-refractivity contribution is 0.231. The minimum atomic E-state index is -0.286. The van der Waals surface area contributed by atoms with E-state index in [-0.39, 0.29) is 29.7 Å². The van der Waals surface area contributed by atoms with Crippen molar-refractivity contribution in [2.24, 2.45) is 5.92 Å². The normalized spacial score (nSPS) is 20.2. The number of rotatable bonds is 4. The van der Waals surface area contributed by atoms with Crippen LogP contribution in [0.3, 0.4) is 0 Å². The van der Waals surface area contributed by atoms with Gasteiger partial charge in [-0.1, -0.05) is 24.3 Å². The van der Waals surface area contributed by atoms with Crippen LogP contribution in [-0.4, -0.2) is 11.8 Å². The van der Waals surface area contributed by atoms with E-state index in [2.05, 4.69) is 10.6 Å². The van der Waals surface area contributed by atoms with Crippen molar-refractivity contribution in [2.75, 3.05) is 5.75 Å². The maximum atomic E-state index is 14.0.